The Morgan fingerprint density at radius 2 is 1.91 bits per heavy atom. The fourth-order valence-corrected chi connectivity index (χ4v) is 2.13. The van der Waals surface area contributed by atoms with Gasteiger partial charge in [0.1, 0.15) is 11.6 Å². The van der Waals surface area contributed by atoms with Crippen LogP contribution in [0.25, 0.3) is 0 Å². The van der Waals surface area contributed by atoms with Crippen molar-refractivity contribution in [1.82, 2.24) is 0 Å². The number of methoxy groups -OCH3 is 1. The van der Waals surface area contributed by atoms with Crippen molar-refractivity contribution in [2.75, 3.05) is 7.11 Å². The Morgan fingerprint density at radius 1 is 1.18 bits per heavy atom. The van der Waals surface area contributed by atoms with Crippen molar-refractivity contribution >= 4 is 0 Å². The van der Waals surface area contributed by atoms with E-state index in [2.05, 4.69) is 0 Å². The molecular weight excluding hydrogens is 287 g/mol. The lowest BCUT2D eigenvalue weighted by molar-refractivity contribution is 0.386. The largest absolute Gasteiger partial charge is 0.504 e. The van der Waals surface area contributed by atoms with E-state index in [4.69, 9.17) is 15.3 Å². The first-order valence-electron chi connectivity index (χ1n) is 6.22. The minimum atomic E-state index is -0.592. The van der Waals surface area contributed by atoms with Crippen LogP contribution in [0.1, 0.15) is 22.3 Å². The van der Waals surface area contributed by atoms with E-state index in [-0.39, 0.29) is 28.9 Å². The van der Waals surface area contributed by atoms with Gasteiger partial charge in [-0.05, 0) is 23.3 Å². The summed E-state index contributed by atoms with van der Waals surface area (Å²) in [5, 5.41) is 37.5. The predicted octanol–water partition coefficient (Wildman–Crippen LogP) is 2.58. The molecule has 0 aliphatic heterocycles. The highest BCUT2D eigenvalue weighted by Crippen LogP contribution is 2.34. The van der Waals surface area contributed by atoms with Gasteiger partial charge in [0.15, 0.2) is 23.1 Å². The van der Waals surface area contributed by atoms with Gasteiger partial charge in [-0.15, -0.1) is 0 Å². The number of ether oxygens (including phenoxy) is 1. The third-order valence-electron chi connectivity index (χ3n) is 3.22. The molecule has 22 heavy (non-hydrogen) atoms. The van der Waals surface area contributed by atoms with Crippen molar-refractivity contribution in [3.05, 3.63) is 52.3 Å². The van der Waals surface area contributed by atoms with E-state index in [1.54, 1.807) is 12.1 Å². The predicted molar refractivity (Wildman–Crippen MR) is 75.0 cm³/mol. The Balaban J connectivity index is 2.54. The first-order valence-corrected chi connectivity index (χ1v) is 6.22. The summed E-state index contributed by atoms with van der Waals surface area (Å²) in [7, 11) is 1.34. The average molecular weight is 298 g/mol. The summed E-state index contributed by atoms with van der Waals surface area (Å²) in [5.41, 5.74) is 0.567. The molecule has 2 N–H and O–H groups in total. The first-order chi connectivity index (χ1) is 10.5. The molecular formula is C16H11FN2O3. The van der Waals surface area contributed by atoms with Crippen molar-refractivity contribution in [3.63, 3.8) is 0 Å². The molecule has 0 aromatic heterocycles. The Hall–Kier alpha value is -3.25. The summed E-state index contributed by atoms with van der Waals surface area (Å²) in [6.07, 6.45) is 0.0561. The Bertz CT molecular complexity index is 820. The van der Waals surface area contributed by atoms with E-state index in [1.165, 1.54) is 19.2 Å². The van der Waals surface area contributed by atoms with E-state index >= 15 is 0 Å². The van der Waals surface area contributed by atoms with Gasteiger partial charge in [0, 0.05) is 12.5 Å². The molecule has 110 valence electrons. The van der Waals surface area contributed by atoms with E-state index in [0.29, 0.717) is 5.56 Å². The lowest BCUT2D eigenvalue weighted by Gasteiger charge is -2.11. The molecule has 6 heteroatoms. The number of phenolic OH excluding ortho intramolecular Hbond substituents is 2. The quantitative estimate of drug-likeness (QED) is 0.849. The Labute approximate surface area is 126 Å². The molecule has 2 aromatic rings. The average Bonchev–Trinajstić information content (AvgIpc) is 2.51. The van der Waals surface area contributed by atoms with Crippen LogP contribution in [0.3, 0.4) is 0 Å². The number of hydrogen-bond acceptors (Lipinski definition) is 5. The van der Waals surface area contributed by atoms with Crippen LogP contribution >= 0.6 is 0 Å². The van der Waals surface area contributed by atoms with E-state index < -0.39 is 17.3 Å². The van der Waals surface area contributed by atoms with E-state index in [1.807, 2.05) is 6.07 Å². The normalized spacial score (nSPS) is 9.82. The highest BCUT2D eigenvalue weighted by molar-refractivity contribution is 5.62. The zero-order valence-corrected chi connectivity index (χ0v) is 11.6. The summed E-state index contributed by atoms with van der Waals surface area (Å²) in [5.74, 6) is -1.62. The molecule has 2 aromatic carbocycles. The zero-order valence-electron chi connectivity index (χ0n) is 11.6. The van der Waals surface area contributed by atoms with Crippen LogP contribution in [0.15, 0.2) is 24.3 Å². The van der Waals surface area contributed by atoms with Gasteiger partial charge in [-0.1, -0.05) is 6.07 Å². The zero-order chi connectivity index (χ0) is 16.3. The van der Waals surface area contributed by atoms with Gasteiger partial charge >= 0.3 is 0 Å². The minimum Gasteiger partial charge on any atom is -0.504 e. The molecule has 0 bridgehead atoms. The molecule has 0 unspecified atom stereocenters. The Kier molecular flexibility index (Phi) is 4.15. The van der Waals surface area contributed by atoms with Crippen molar-refractivity contribution in [3.8, 4) is 29.4 Å². The van der Waals surface area contributed by atoms with Gasteiger partial charge < -0.3 is 14.9 Å². The van der Waals surface area contributed by atoms with Crippen molar-refractivity contribution in [2.24, 2.45) is 0 Å². The molecule has 0 fully saturated rings. The number of aromatic hydroxyl groups is 2. The van der Waals surface area contributed by atoms with E-state index in [9.17, 15) is 14.6 Å². The van der Waals surface area contributed by atoms with Crippen LogP contribution in [0.5, 0.6) is 17.2 Å². The smallest absolute Gasteiger partial charge is 0.175 e. The molecule has 0 heterocycles. The SMILES string of the molecule is COc1ccc(Cc2c(C#N)cc(O)c(O)c2C#N)cc1F. The third kappa shape index (κ3) is 2.63. The molecule has 5 nitrogen and oxygen atoms in total. The van der Waals surface area contributed by atoms with Crippen LogP contribution in [0.2, 0.25) is 0 Å². The van der Waals surface area contributed by atoms with Gasteiger partial charge in [-0.2, -0.15) is 10.5 Å². The van der Waals surface area contributed by atoms with Crippen LogP contribution in [-0.2, 0) is 6.42 Å². The van der Waals surface area contributed by atoms with Crippen molar-refractivity contribution in [1.29, 1.82) is 10.5 Å². The molecule has 0 atom stereocenters. The topological polar surface area (TPSA) is 97.3 Å². The summed E-state index contributed by atoms with van der Waals surface area (Å²) in [6, 6.07) is 8.94. The maximum absolute atomic E-state index is 13.7. The van der Waals surface area contributed by atoms with Crippen LogP contribution in [-0.4, -0.2) is 17.3 Å². The van der Waals surface area contributed by atoms with Gasteiger partial charge in [-0.3, -0.25) is 0 Å². The van der Waals surface area contributed by atoms with Crippen molar-refractivity contribution < 1.29 is 19.3 Å². The van der Waals surface area contributed by atoms with Crippen molar-refractivity contribution in [2.45, 2.75) is 6.42 Å². The minimum absolute atomic E-state index is 0.0445. The van der Waals surface area contributed by atoms with Crippen LogP contribution in [0.4, 0.5) is 4.39 Å². The number of halogens is 1. The molecule has 0 aliphatic carbocycles. The highest BCUT2D eigenvalue weighted by atomic mass is 19.1. The molecule has 0 saturated carbocycles. The number of nitrogens with zero attached hydrogens (tertiary/aromatic N) is 2. The standard InChI is InChI=1S/C16H11FN2O3/c1-22-15-3-2-9(5-13(15)17)4-11-10(7-18)6-14(20)16(21)12(11)8-19/h2-3,5-6,20-21H,4H2,1H3. The Morgan fingerprint density at radius 3 is 2.45 bits per heavy atom. The van der Waals surface area contributed by atoms with E-state index in [0.717, 1.165) is 6.07 Å². The fourth-order valence-electron chi connectivity index (χ4n) is 2.13. The second-order valence-electron chi connectivity index (χ2n) is 4.51. The van der Waals surface area contributed by atoms with Crippen LogP contribution in [0, 0.1) is 28.5 Å². The lowest BCUT2D eigenvalue weighted by atomic mass is 9.94. The number of phenols is 2. The number of nitriles is 2. The summed E-state index contributed by atoms with van der Waals surface area (Å²) in [4.78, 5) is 0. The van der Waals surface area contributed by atoms with Gasteiger partial charge in [0.25, 0.3) is 0 Å². The summed E-state index contributed by atoms with van der Waals surface area (Å²) >= 11 is 0. The number of benzene rings is 2. The molecule has 0 radical (unpaired) electrons. The molecule has 2 rings (SSSR count). The molecule has 0 spiro atoms. The maximum Gasteiger partial charge on any atom is 0.175 e. The highest BCUT2D eigenvalue weighted by Gasteiger charge is 2.18. The molecule has 0 aliphatic rings. The van der Waals surface area contributed by atoms with Crippen LogP contribution < -0.4 is 4.74 Å². The summed E-state index contributed by atoms with van der Waals surface area (Å²) < 4.78 is 18.5. The summed E-state index contributed by atoms with van der Waals surface area (Å²) in [6.45, 7) is 0. The monoisotopic (exact) mass is 298 g/mol. The number of hydrogen-bond donors (Lipinski definition) is 2. The van der Waals surface area contributed by atoms with Gasteiger partial charge in [0.2, 0.25) is 0 Å². The second-order valence-corrected chi connectivity index (χ2v) is 4.51. The maximum atomic E-state index is 13.7. The fraction of sp³-hybridized carbons (Fsp3) is 0.125. The molecule has 0 amide bonds. The molecule has 0 saturated heterocycles. The second kappa shape index (κ2) is 6.02. The third-order valence-corrected chi connectivity index (χ3v) is 3.22. The number of rotatable bonds is 3. The van der Waals surface area contributed by atoms with Gasteiger partial charge in [0.05, 0.1) is 18.7 Å². The first kappa shape index (κ1) is 15.1. The lowest BCUT2D eigenvalue weighted by Crippen LogP contribution is -1.99. The van der Waals surface area contributed by atoms with Gasteiger partial charge in [-0.25, -0.2) is 4.39 Å².